The maximum Gasteiger partial charge on any atom is 0.393 e. The molecule has 1 rings (SSSR count). The van der Waals surface area contributed by atoms with Crippen LogP contribution < -0.4 is 4.52 Å². The molecule has 1 aromatic rings. The van der Waals surface area contributed by atoms with Crippen molar-refractivity contribution in [3.63, 3.8) is 0 Å². The highest BCUT2D eigenvalue weighted by Gasteiger charge is 2.23. The van der Waals surface area contributed by atoms with Crippen LogP contribution in [0.3, 0.4) is 0 Å². The van der Waals surface area contributed by atoms with Crippen LogP contribution in [0.2, 0.25) is 0 Å². The van der Waals surface area contributed by atoms with Crippen molar-refractivity contribution in [2.45, 2.75) is 6.92 Å². The molecule has 0 amide bonds. The van der Waals surface area contributed by atoms with Crippen molar-refractivity contribution in [1.82, 2.24) is 0 Å². The Morgan fingerprint density at radius 3 is 2.50 bits per heavy atom. The molecule has 0 spiro atoms. The number of halogens is 1. The Hall–Kier alpha value is -0.500. The van der Waals surface area contributed by atoms with Crippen LogP contribution in [0, 0.1) is 0 Å². The molecule has 78 valence electrons. The Morgan fingerprint density at radius 2 is 2.00 bits per heavy atom. The standard InChI is InChI=1S/C9H12ClO3P/c1-2-12-14(11,8-10)13-9-6-4-3-5-7-9/h3-7H,2,8H2,1H3. The van der Waals surface area contributed by atoms with E-state index in [0.717, 1.165) is 0 Å². The van der Waals surface area contributed by atoms with Gasteiger partial charge in [-0.05, 0) is 19.1 Å². The quantitative estimate of drug-likeness (QED) is 0.578. The Kier molecular flexibility index (Phi) is 4.46. The summed E-state index contributed by atoms with van der Waals surface area (Å²) < 4.78 is 22.0. The fourth-order valence-electron chi connectivity index (χ4n) is 0.924. The van der Waals surface area contributed by atoms with Gasteiger partial charge >= 0.3 is 7.60 Å². The van der Waals surface area contributed by atoms with E-state index in [1.165, 1.54) is 0 Å². The Labute approximate surface area is 88.5 Å². The molecule has 0 aliphatic carbocycles. The molecular formula is C9H12ClO3P. The highest BCUT2D eigenvalue weighted by atomic mass is 35.5. The molecule has 0 saturated carbocycles. The van der Waals surface area contributed by atoms with Crippen molar-refractivity contribution in [3.8, 4) is 5.75 Å². The summed E-state index contributed by atoms with van der Waals surface area (Å²) in [7, 11) is -3.16. The molecule has 5 heteroatoms. The summed E-state index contributed by atoms with van der Waals surface area (Å²) in [6, 6.07) is 8.84. The molecule has 0 N–H and O–H groups in total. The van der Waals surface area contributed by atoms with Gasteiger partial charge in [0.25, 0.3) is 0 Å². The van der Waals surface area contributed by atoms with Crippen molar-refractivity contribution >= 4 is 19.2 Å². The number of hydrogen-bond acceptors (Lipinski definition) is 3. The van der Waals surface area contributed by atoms with E-state index in [4.69, 9.17) is 20.6 Å². The lowest BCUT2D eigenvalue weighted by Crippen LogP contribution is -1.98. The highest BCUT2D eigenvalue weighted by molar-refractivity contribution is 7.56. The average Bonchev–Trinajstić information content (AvgIpc) is 2.20. The summed E-state index contributed by atoms with van der Waals surface area (Å²) in [6.45, 7) is 2.06. The molecule has 0 radical (unpaired) electrons. The fourth-order valence-corrected chi connectivity index (χ4v) is 2.28. The molecule has 0 aromatic heterocycles. The topological polar surface area (TPSA) is 35.5 Å². The van der Waals surface area contributed by atoms with Gasteiger partial charge in [-0.1, -0.05) is 18.2 Å². The van der Waals surface area contributed by atoms with Gasteiger partial charge in [-0.3, -0.25) is 4.52 Å². The molecule has 14 heavy (non-hydrogen) atoms. The van der Waals surface area contributed by atoms with Gasteiger partial charge < -0.3 is 4.52 Å². The van der Waals surface area contributed by atoms with E-state index >= 15 is 0 Å². The van der Waals surface area contributed by atoms with E-state index < -0.39 is 7.60 Å². The first kappa shape index (κ1) is 11.6. The maximum atomic E-state index is 11.8. The summed E-state index contributed by atoms with van der Waals surface area (Å²) in [6.07, 6.45) is 0. The molecule has 0 bridgehead atoms. The first-order valence-electron chi connectivity index (χ1n) is 4.24. The molecule has 0 saturated heterocycles. The second-order valence-corrected chi connectivity index (χ2v) is 5.17. The van der Waals surface area contributed by atoms with Crippen molar-refractivity contribution < 1.29 is 13.6 Å². The van der Waals surface area contributed by atoms with Gasteiger partial charge in [0, 0.05) is 0 Å². The Bertz CT molecular complexity index is 315. The summed E-state index contributed by atoms with van der Waals surface area (Å²) in [5, 5.41) is 0. The van der Waals surface area contributed by atoms with Gasteiger partial charge in [0.05, 0.1) is 6.61 Å². The lowest BCUT2D eigenvalue weighted by atomic mass is 10.3. The van der Waals surface area contributed by atoms with E-state index in [9.17, 15) is 4.57 Å². The van der Waals surface area contributed by atoms with Crippen LogP contribution in [-0.4, -0.2) is 12.2 Å². The third-order valence-corrected chi connectivity index (χ3v) is 3.77. The van der Waals surface area contributed by atoms with Crippen LogP contribution in [0.25, 0.3) is 0 Å². The smallest absolute Gasteiger partial charge is 0.393 e. The molecule has 0 aliphatic heterocycles. The van der Waals surface area contributed by atoms with Crippen molar-refractivity contribution in [1.29, 1.82) is 0 Å². The summed E-state index contributed by atoms with van der Waals surface area (Å²) >= 11 is 5.52. The summed E-state index contributed by atoms with van der Waals surface area (Å²) in [4.78, 5) is 0. The molecule has 3 nitrogen and oxygen atoms in total. The van der Waals surface area contributed by atoms with E-state index in [2.05, 4.69) is 0 Å². The molecule has 0 heterocycles. The van der Waals surface area contributed by atoms with E-state index in [1.807, 2.05) is 6.07 Å². The van der Waals surface area contributed by atoms with Gasteiger partial charge in [-0.15, -0.1) is 11.6 Å². The molecule has 1 aromatic carbocycles. The number of rotatable bonds is 5. The number of benzene rings is 1. The third-order valence-electron chi connectivity index (χ3n) is 1.46. The minimum Gasteiger partial charge on any atom is -0.424 e. The molecule has 1 unspecified atom stereocenters. The first-order chi connectivity index (χ1) is 6.70. The van der Waals surface area contributed by atoms with Crippen LogP contribution in [0.5, 0.6) is 5.75 Å². The van der Waals surface area contributed by atoms with Gasteiger partial charge in [0.1, 0.15) is 11.4 Å². The number of hydrogen-bond donors (Lipinski definition) is 0. The zero-order valence-corrected chi connectivity index (χ0v) is 9.50. The van der Waals surface area contributed by atoms with Crippen LogP contribution >= 0.6 is 19.2 Å². The molecule has 1 atom stereocenters. The monoisotopic (exact) mass is 234 g/mol. The zero-order valence-electron chi connectivity index (χ0n) is 7.85. The van der Waals surface area contributed by atoms with Crippen molar-refractivity contribution in [2.75, 3.05) is 12.2 Å². The van der Waals surface area contributed by atoms with Crippen molar-refractivity contribution in [2.24, 2.45) is 0 Å². The third kappa shape index (κ3) is 3.33. The largest absolute Gasteiger partial charge is 0.424 e. The van der Waals surface area contributed by atoms with Gasteiger partial charge in [-0.25, -0.2) is 4.57 Å². The second-order valence-electron chi connectivity index (χ2n) is 2.55. The SMILES string of the molecule is CCOP(=O)(CCl)Oc1ccccc1. The molecule has 0 fully saturated rings. The van der Waals surface area contributed by atoms with Gasteiger partial charge in [0.15, 0.2) is 0 Å². The minimum absolute atomic E-state index is 0.143. The number of para-hydroxylation sites is 1. The predicted molar refractivity (Wildman–Crippen MR) is 57.0 cm³/mol. The zero-order chi connectivity index (χ0) is 10.4. The lowest BCUT2D eigenvalue weighted by molar-refractivity contribution is 0.283. The minimum atomic E-state index is -3.16. The van der Waals surface area contributed by atoms with Crippen LogP contribution in [-0.2, 0) is 9.09 Å². The van der Waals surface area contributed by atoms with Crippen LogP contribution in [0.1, 0.15) is 6.92 Å². The number of alkyl halides is 1. The summed E-state index contributed by atoms with van der Waals surface area (Å²) in [5.41, 5.74) is -0.143. The maximum absolute atomic E-state index is 11.8. The molecule has 0 aliphatic rings. The van der Waals surface area contributed by atoms with Gasteiger partial charge in [-0.2, -0.15) is 0 Å². The summed E-state index contributed by atoms with van der Waals surface area (Å²) in [5.74, 6) is 0.505. The average molecular weight is 235 g/mol. The lowest BCUT2D eigenvalue weighted by Gasteiger charge is -2.15. The van der Waals surface area contributed by atoms with E-state index in [1.54, 1.807) is 31.2 Å². The van der Waals surface area contributed by atoms with Gasteiger partial charge in [0.2, 0.25) is 0 Å². The normalized spacial score (nSPS) is 14.7. The first-order valence-corrected chi connectivity index (χ1v) is 6.50. The Morgan fingerprint density at radius 1 is 1.36 bits per heavy atom. The van der Waals surface area contributed by atoms with Crippen LogP contribution in [0.15, 0.2) is 30.3 Å². The predicted octanol–water partition coefficient (Wildman–Crippen LogP) is 3.49. The highest BCUT2D eigenvalue weighted by Crippen LogP contribution is 2.48. The van der Waals surface area contributed by atoms with E-state index in [-0.39, 0.29) is 5.62 Å². The Balaban J connectivity index is 2.71. The van der Waals surface area contributed by atoms with Crippen LogP contribution in [0.4, 0.5) is 0 Å². The molecular weight excluding hydrogens is 223 g/mol. The van der Waals surface area contributed by atoms with Crippen molar-refractivity contribution in [3.05, 3.63) is 30.3 Å². The second kappa shape index (κ2) is 5.40. The van der Waals surface area contributed by atoms with E-state index in [0.29, 0.717) is 12.4 Å². The fraction of sp³-hybridized carbons (Fsp3) is 0.333.